The molecule has 15 unspecified atom stereocenters. The zero-order valence-electron chi connectivity index (χ0n) is 48.3. The molecule has 3 aliphatic heterocycles. The lowest BCUT2D eigenvalue weighted by Gasteiger charge is -2.47. The fourth-order valence-electron chi connectivity index (χ4n) is 12.0. The van der Waals surface area contributed by atoms with Gasteiger partial charge in [0.2, 0.25) is 5.79 Å². The monoisotopic (exact) mass is 1080 g/mol. The number of cyclic esters (lactones) is 1. The van der Waals surface area contributed by atoms with Crippen LogP contribution in [0.5, 0.6) is 0 Å². The summed E-state index contributed by atoms with van der Waals surface area (Å²) >= 11 is 0. The maximum Gasteiger partial charge on any atom is 0.329 e. The minimum absolute atomic E-state index is 0.00420. The number of Topliss-reactive ketones (excluding diaryl/α,β-unsaturated/α-hetero) is 2. The number of fused-ring (bicyclic) bond motifs is 4. The first-order chi connectivity index (χ1) is 35.9. The largest absolute Gasteiger partial charge is 0.456 e. The molecule has 3 fully saturated rings. The molecule has 6 rings (SSSR count). The summed E-state index contributed by atoms with van der Waals surface area (Å²) in [5.74, 6) is -7.03. The van der Waals surface area contributed by atoms with Crippen LogP contribution in [0.15, 0.2) is 65.8 Å². The topological polar surface area (TPSA) is 177 Å². The quantitative estimate of drug-likeness (QED) is 0.0889. The maximum atomic E-state index is 15.1. The Hall–Kier alpha value is -3.64. The van der Waals surface area contributed by atoms with Crippen molar-refractivity contribution in [1.29, 1.82) is 0 Å². The van der Waals surface area contributed by atoms with E-state index in [0.717, 1.165) is 33.9 Å². The second-order valence-electron chi connectivity index (χ2n) is 24.4. The number of aliphatic hydroxyl groups excluding tert-OH is 1. The van der Waals surface area contributed by atoms with Crippen LogP contribution in [-0.2, 0) is 52.0 Å². The fourth-order valence-corrected chi connectivity index (χ4v) is 13.4. The normalized spacial score (nSPS) is 34.0. The van der Waals surface area contributed by atoms with Gasteiger partial charge in [0.15, 0.2) is 8.32 Å². The molecule has 2 aromatic rings. The second kappa shape index (κ2) is 26.5. The first kappa shape index (κ1) is 61.6. The Kier molecular flexibility index (Phi) is 21.5. The Labute approximate surface area is 455 Å². The van der Waals surface area contributed by atoms with E-state index in [2.05, 4.69) is 52.9 Å². The summed E-state index contributed by atoms with van der Waals surface area (Å²) in [6, 6.07) is 12.9. The van der Waals surface area contributed by atoms with Gasteiger partial charge in [0.25, 0.3) is 11.7 Å². The van der Waals surface area contributed by atoms with Gasteiger partial charge in [-0.25, -0.2) is 4.79 Å². The summed E-state index contributed by atoms with van der Waals surface area (Å²) in [6.45, 7) is 22.8. The zero-order valence-corrected chi connectivity index (χ0v) is 49.3. The van der Waals surface area contributed by atoms with Crippen molar-refractivity contribution in [1.82, 2.24) is 4.90 Å². The smallest absolute Gasteiger partial charge is 0.329 e. The number of allylic oxidation sites excluding steroid dienone is 3. The van der Waals surface area contributed by atoms with E-state index in [4.69, 9.17) is 32.8 Å². The van der Waals surface area contributed by atoms with Crippen LogP contribution in [0.2, 0.25) is 18.1 Å². The molecule has 4 aliphatic rings. The molecule has 76 heavy (non-hydrogen) atoms. The van der Waals surface area contributed by atoms with Gasteiger partial charge in [-0.2, -0.15) is 0 Å². The number of ketones is 2. The Morgan fingerprint density at radius 1 is 0.868 bits per heavy atom. The molecule has 0 aromatic heterocycles. The van der Waals surface area contributed by atoms with Gasteiger partial charge in [-0.15, -0.1) is 0 Å². The first-order valence-corrected chi connectivity index (χ1v) is 31.2. The molecular weight excluding hydrogens is 983 g/mol. The molecular formula is C61H93NO13Si. The van der Waals surface area contributed by atoms with E-state index >= 15 is 4.79 Å². The predicted molar refractivity (Wildman–Crippen MR) is 297 cm³/mol. The van der Waals surface area contributed by atoms with Crippen LogP contribution in [0, 0.1) is 29.6 Å². The van der Waals surface area contributed by atoms with Crippen molar-refractivity contribution in [3.05, 3.63) is 71.3 Å². The van der Waals surface area contributed by atoms with Crippen molar-refractivity contribution in [2.75, 3.05) is 34.5 Å². The van der Waals surface area contributed by atoms with E-state index in [1.807, 2.05) is 70.2 Å². The third-order valence-electron chi connectivity index (χ3n) is 17.7. The Morgan fingerprint density at radius 2 is 1.54 bits per heavy atom. The average molecular weight is 1080 g/mol. The number of hydrogen-bond donors (Lipinski definition) is 2. The number of hydrogen-bond acceptors (Lipinski definition) is 13. The van der Waals surface area contributed by atoms with Gasteiger partial charge in [-0.1, -0.05) is 103 Å². The van der Waals surface area contributed by atoms with E-state index < -0.39 is 92.2 Å². The van der Waals surface area contributed by atoms with E-state index in [1.54, 1.807) is 28.3 Å². The van der Waals surface area contributed by atoms with Gasteiger partial charge >= 0.3 is 5.97 Å². The number of piperidine rings is 1. The summed E-state index contributed by atoms with van der Waals surface area (Å²) < 4.78 is 44.8. The molecule has 15 heteroatoms. The lowest BCUT2D eigenvalue weighted by molar-refractivity contribution is -0.302. The summed E-state index contributed by atoms with van der Waals surface area (Å²) in [7, 11) is 2.21. The number of aliphatic hydroxyl groups is 2. The minimum atomic E-state index is -2.57. The van der Waals surface area contributed by atoms with Crippen LogP contribution in [-0.4, -0.2) is 136 Å². The third-order valence-corrected chi connectivity index (χ3v) is 22.2. The van der Waals surface area contributed by atoms with Crippen LogP contribution >= 0.6 is 0 Å². The highest BCUT2D eigenvalue weighted by Gasteiger charge is 2.57. The van der Waals surface area contributed by atoms with E-state index in [9.17, 15) is 24.6 Å². The number of rotatable bonds is 12. The Morgan fingerprint density at radius 3 is 2.20 bits per heavy atom. The number of carbonyl (C=O) groups excluding carboxylic acids is 4. The number of esters is 1. The number of benzene rings is 2. The molecule has 1 amide bonds. The molecule has 2 aromatic carbocycles. The maximum absolute atomic E-state index is 15.1. The molecule has 14 nitrogen and oxygen atoms in total. The van der Waals surface area contributed by atoms with Crippen LogP contribution in [0.25, 0.3) is 10.8 Å². The van der Waals surface area contributed by atoms with E-state index in [1.165, 1.54) is 4.90 Å². The van der Waals surface area contributed by atoms with Crippen LogP contribution in [0.1, 0.15) is 145 Å². The van der Waals surface area contributed by atoms with Crippen molar-refractivity contribution >= 4 is 42.5 Å². The van der Waals surface area contributed by atoms with Gasteiger partial charge in [-0.05, 0) is 136 Å². The van der Waals surface area contributed by atoms with Gasteiger partial charge in [0.05, 0.1) is 37.1 Å². The molecule has 2 saturated heterocycles. The summed E-state index contributed by atoms with van der Waals surface area (Å²) in [5.41, 5.74) is 2.60. The Bertz CT molecular complexity index is 2360. The molecule has 1 saturated carbocycles. The molecule has 0 radical (unpaired) electrons. The summed E-state index contributed by atoms with van der Waals surface area (Å²) in [6.07, 6.45) is 4.69. The summed E-state index contributed by atoms with van der Waals surface area (Å²) in [5, 5.41) is 25.5. The van der Waals surface area contributed by atoms with Crippen molar-refractivity contribution in [2.24, 2.45) is 29.6 Å². The van der Waals surface area contributed by atoms with Crippen molar-refractivity contribution in [2.45, 2.75) is 212 Å². The Balaban J connectivity index is 1.36. The molecule has 424 valence electrons. The summed E-state index contributed by atoms with van der Waals surface area (Å²) in [4.78, 5) is 60.4. The standard InChI is InChI=1S/C61H93NO13Si/c1-15-43-29-37(2)28-38(3)30-53(70-11)56-54(71-12)32-40(5)61(68,74-56)57(65)58(66)62-27-19-18-22-47(62)59(67)73-55(41(6)51(35-48(43)63)75-76(13,14)60(7,8)9)39(4)31-42-23-26-50(52(33-42)69-10)72-36-49(64)46-25-24-44-20-16-17-21-45(44)34-46/h16-17,20-21,24-25,29,31,34,38,40-43,47,49-56,64,68H,15,18-19,22-23,26-28,30,32-33,35-36H2,1-14H3. The average Bonchev–Trinajstić information content (AvgIpc) is 3.39. The number of methoxy groups -OCH3 is 3. The van der Waals surface area contributed by atoms with Crippen LogP contribution < -0.4 is 0 Å². The zero-order chi connectivity index (χ0) is 55.9. The molecule has 1 aliphatic carbocycles. The molecule has 15 atom stereocenters. The fraction of sp³-hybridized carbons (Fsp3) is 0.705. The van der Waals surface area contributed by atoms with Crippen molar-refractivity contribution in [3.8, 4) is 0 Å². The molecule has 2 bridgehead atoms. The van der Waals surface area contributed by atoms with Crippen LogP contribution in [0.3, 0.4) is 0 Å². The molecule has 0 spiro atoms. The first-order valence-electron chi connectivity index (χ1n) is 28.2. The highest BCUT2D eigenvalue weighted by atomic mass is 28.4. The predicted octanol–water partition coefficient (Wildman–Crippen LogP) is 10.4. The highest BCUT2D eigenvalue weighted by Crippen LogP contribution is 2.42. The number of amides is 1. The third kappa shape index (κ3) is 14.6. The lowest BCUT2D eigenvalue weighted by atomic mass is 9.81. The number of ether oxygens (including phenoxy) is 6. The highest BCUT2D eigenvalue weighted by molar-refractivity contribution is 6.74. The number of carbonyl (C=O) groups is 4. The van der Waals surface area contributed by atoms with Crippen LogP contribution in [0.4, 0.5) is 0 Å². The van der Waals surface area contributed by atoms with Gasteiger partial charge in [0.1, 0.15) is 30.1 Å². The van der Waals surface area contributed by atoms with E-state index in [0.29, 0.717) is 44.9 Å². The molecule has 3 heterocycles. The van der Waals surface area contributed by atoms with Crippen molar-refractivity contribution in [3.63, 3.8) is 0 Å². The SMILES string of the molecule is CCC1C=C(C)CC(C)CC(OC)C2OC(O)(C(=O)C(=O)N3CCCCC3C(=O)OC(C(C)=CC3CCC(OCC(O)c4ccc5ccccc5c4)C(OC)C3)C(C)C(O[Si](C)(C)C(C)(C)C)CC1=O)C(C)CC2OC. The van der Waals surface area contributed by atoms with Gasteiger partial charge in [-0.3, -0.25) is 14.4 Å². The minimum Gasteiger partial charge on any atom is -0.456 e. The van der Waals surface area contributed by atoms with E-state index in [-0.39, 0.29) is 67.3 Å². The molecule has 2 N–H and O–H groups in total. The van der Waals surface area contributed by atoms with Gasteiger partial charge < -0.3 is 48.0 Å². The lowest BCUT2D eigenvalue weighted by Crippen LogP contribution is -2.64. The van der Waals surface area contributed by atoms with Crippen molar-refractivity contribution < 1.29 is 62.2 Å². The second-order valence-corrected chi connectivity index (χ2v) is 29.2. The number of nitrogens with zero attached hydrogens (tertiary/aromatic N) is 1. The van der Waals surface area contributed by atoms with Gasteiger partial charge in [0, 0.05) is 52.0 Å².